The number of rotatable bonds is 4. The van der Waals surface area contributed by atoms with Crippen molar-refractivity contribution in [3.05, 3.63) is 59.2 Å². The molecule has 1 aliphatic heterocycles. The van der Waals surface area contributed by atoms with E-state index in [1.807, 2.05) is 12.1 Å². The Morgan fingerprint density at radius 2 is 1.96 bits per heavy atom. The largest absolute Gasteiger partial charge is 0.497 e. The molecule has 122 valence electrons. The first-order chi connectivity index (χ1) is 11.6. The number of ether oxygens (including phenoxy) is 2. The van der Waals surface area contributed by atoms with E-state index in [1.54, 1.807) is 37.5 Å². The van der Waals surface area contributed by atoms with Crippen LogP contribution in [0.4, 0.5) is 0 Å². The molecule has 0 N–H and O–H groups in total. The number of cyclic esters (lactones) is 1. The van der Waals surface area contributed by atoms with Crippen LogP contribution in [0.25, 0.3) is 6.08 Å². The zero-order valence-corrected chi connectivity index (χ0v) is 13.5. The van der Waals surface area contributed by atoms with Gasteiger partial charge in [0, 0.05) is 17.6 Å². The second-order valence-electron chi connectivity index (χ2n) is 6.12. The van der Waals surface area contributed by atoms with Crippen LogP contribution in [0.3, 0.4) is 0 Å². The number of furan rings is 1. The van der Waals surface area contributed by atoms with Gasteiger partial charge in [0.15, 0.2) is 5.70 Å². The number of hydrogen-bond acceptors (Lipinski definition) is 5. The van der Waals surface area contributed by atoms with E-state index >= 15 is 0 Å². The second kappa shape index (κ2) is 5.67. The van der Waals surface area contributed by atoms with Gasteiger partial charge in [-0.25, -0.2) is 9.79 Å². The highest BCUT2D eigenvalue weighted by Gasteiger charge is 2.36. The van der Waals surface area contributed by atoms with Crippen LogP contribution in [0.2, 0.25) is 0 Å². The minimum Gasteiger partial charge on any atom is -0.497 e. The molecule has 2 heterocycles. The second-order valence-corrected chi connectivity index (χ2v) is 6.12. The fraction of sp³-hybridized carbons (Fsp3) is 0.263. The van der Waals surface area contributed by atoms with Gasteiger partial charge >= 0.3 is 5.97 Å². The average Bonchev–Trinajstić information content (AvgIpc) is 2.98. The average molecular weight is 323 g/mol. The first-order valence-electron chi connectivity index (χ1n) is 7.91. The molecule has 0 bridgehead atoms. The van der Waals surface area contributed by atoms with E-state index in [4.69, 9.17) is 13.9 Å². The Morgan fingerprint density at radius 3 is 2.62 bits per heavy atom. The van der Waals surface area contributed by atoms with Crippen molar-refractivity contribution in [1.82, 2.24) is 0 Å². The normalized spacial score (nSPS) is 24.0. The monoisotopic (exact) mass is 323 g/mol. The van der Waals surface area contributed by atoms with E-state index < -0.39 is 5.97 Å². The molecule has 5 nitrogen and oxygen atoms in total. The van der Waals surface area contributed by atoms with Gasteiger partial charge in [-0.3, -0.25) is 0 Å². The van der Waals surface area contributed by atoms with Gasteiger partial charge in [0.1, 0.15) is 17.3 Å². The van der Waals surface area contributed by atoms with Crippen molar-refractivity contribution in [1.29, 1.82) is 0 Å². The molecule has 0 spiro atoms. The Hall–Kier alpha value is -2.82. The summed E-state index contributed by atoms with van der Waals surface area (Å²) in [4.78, 5) is 16.3. The number of esters is 1. The van der Waals surface area contributed by atoms with Crippen LogP contribution in [0, 0.1) is 5.92 Å². The smallest absolute Gasteiger partial charge is 0.363 e. The zero-order chi connectivity index (χ0) is 16.7. The third kappa shape index (κ3) is 2.73. The van der Waals surface area contributed by atoms with E-state index in [-0.39, 0.29) is 11.6 Å². The van der Waals surface area contributed by atoms with Crippen LogP contribution >= 0.6 is 0 Å². The van der Waals surface area contributed by atoms with Crippen molar-refractivity contribution in [2.24, 2.45) is 10.9 Å². The van der Waals surface area contributed by atoms with Gasteiger partial charge in [-0.15, -0.1) is 0 Å². The molecule has 2 atom stereocenters. The van der Waals surface area contributed by atoms with E-state index in [2.05, 4.69) is 11.9 Å². The fourth-order valence-electron chi connectivity index (χ4n) is 2.76. The number of aliphatic imine (C=N–C) groups is 1. The van der Waals surface area contributed by atoms with Crippen molar-refractivity contribution in [3.63, 3.8) is 0 Å². The van der Waals surface area contributed by atoms with Crippen molar-refractivity contribution in [2.75, 3.05) is 7.11 Å². The Morgan fingerprint density at radius 1 is 1.21 bits per heavy atom. The number of nitrogens with zero attached hydrogens (tertiary/aromatic N) is 1. The lowest BCUT2D eigenvalue weighted by Crippen LogP contribution is -2.05. The van der Waals surface area contributed by atoms with Crippen LogP contribution in [0.15, 0.2) is 51.5 Å². The van der Waals surface area contributed by atoms with E-state index in [0.717, 1.165) is 23.5 Å². The minimum absolute atomic E-state index is 0.241. The number of carbonyl (C=O) groups excluding carboxylic acids is 1. The zero-order valence-electron chi connectivity index (χ0n) is 13.5. The van der Waals surface area contributed by atoms with Crippen molar-refractivity contribution in [2.45, 2.75) is 19.3 Å². The van der Waals surface area contributed by atoms with Gasteiger partial charge in [-0.1, -0.05) is 6.92 Å². The third-order valence-electron chi connectivity index (χ3n) is 4.36. The molecular weight excluding hydrogens is 306 g/mol. The highest BCUT2D eigenvalue weighted by Crippen LogP contribution is 2.47. The predicted molar refractivity (Wildman–Crippen MR) is 88.8 cm³/mol. The SMILES string of the molecule is COc1ccc(C2=N/C(=C/c3ccc([C@H]4C[C@H]4C)o3)C(=O)O2)cc1. The summed E-state index contributed by atoms with van der Waals surface area (Å²) in [6, 6.07) is 11.0. The first kappa shape index (κ1) is 14.8. The summed E-state index contributed by atoms with van der Waals surface area (Å²) in [6.07, 6.45) is 2.78. The number of benzene rings is 1. The molecule has 2 aromatic rings. The summed E-state index contributed by atoms with van der Waals surface area (Å²) >= 11 is 0. The number of methoxy groups -OCH3 is 1. The minimum atomic E-state index is -0.474. The van der Waals surface area contributed by atoms with Gasteiger partial charge in [0.2, 0.25) is 5.90 Å². The summed E-state index contributed by atoms with van der Waals surface area (Å²) in [7, 11) is 1.60. The molecular formula is C19H17NO4. The molecule has 1 aliphatic carbocycles. The molecule has 0 radical (unpaired) electrons. The predicted octanol–water partition coefficient (Wildman–Crippen LogP) is 3.76. The van der Waals surface area contributed by atoms with Gasteiger partial charge in [0.05, 0.1) is 7.11 Å². The van der Waals surface area contributed by atoms with Crippen molar-refractivity contribution in [3.8, 4) is 5.75 Å². The van der Waals surface area contributed by atoms with Crippen LogP contribution in [-0.2, 0) is 9.53 Å². The Bertz CT molecular complexity index is 845. The summed E-state index contributed by atoms with van der Waals surface area (Å²) in [6.45, 7) is 2.20. The van der Waals surface area contributed by atoms with E-state index in [1.165, 1.54) is 0 Å². The quantitative estimate of drug-likeness (QED) is 0.635. The third-order valence-corrected chi connectivity index (χ3v) is 4.36. The van der Waals surface area contributed by atoms with Crippen LogP contribution < -0.4 is 4.74 Å². The molecule has 1 aromatic carbocycles. The topological polar surface area (TPSA) is 61.0 Å². The maximum atomic E-state index is 12.0. The molecule has 2 aliphatic rings. The lowest BCUT2D eigenvalue weighted by molar-refractivity contribution is -0.129. The van der Waals surface area contributed by atoms with Gasteiger partial charge in [0.25, 0.3) is 0 Å². The maximum absolute atomic E-state index is 12.0. The highest BCUT2D eigenvalue weighted by molar-refractivity contribution is 6.12. The standard InChI is InChI=1S/C19H17NO4/c1-11-9-15(11)17-8-7-14(23-17)10-16-19(21)24-18(20-16)12-3-5-13(22-2)6-4-12/h3-8,10-11,15H,9H2,1-2H3/b16-10+/t11-,15+/m1/s1. The highest BCUT2D eigenvalue weighted by atomic mass is 16.6. The number of hydrogen-bond donors (Lipinski definition) is 0. The molecule has 1 fully saturated rings. The Balaban J connectivity index is 1.57. The lowest BCUT2D eigenvalue weighted by Gasteiger charge is -2.01. The molecule has 0 amide bonds. The fourth-order valence-corrected chi connectivity index (χ4v) is 2.76. The molecule has 4 rings (SSSR count). The van der Waals surface area contributed by atoms with Crippen molar-refractivity contribution >= 4 is 17.9 Å². The van der Waals surface area contributed by atoms with Gasteiger partial charge in [-0.05, 0) is 48.7 Å². The summed E-state index contributed by atoms with van der Waals surface area (Å²) in [5.74, 6) is 3.32. The van der Waals surface area contributed by atoms with Gasteiger partial charge in [-0.2, -0.15) is 0 Å². The first-order valence-corrected chi connectivity index (χ1v) is 7.91. The maximum Gasteiger partial charge on any atom is 0.363 e. The van der Waals surface area contributed by atoms with Crippen LogP contribution in [0.1, 0.15) is 36.3 Å². The van der Waals surface area contributed by atoms with Gasteiger partial charge < -0.3 is 13.9 Å². The summed E-state index contributed by atoms with van der Waals surface area (Å²) < 4.78 is 16.2. The number of carbonyl (C=O) groups is 1. The lowest BCUT2D eigenvalue weighted by atomic mass is 10.2. The summed E-state index contributed by atoms with van der Waals surface area (Å²) in [5.41, 5.74) is 0.963. The molecule has 24 heavy (non-hydrogen) atoms. The van der Waals surface area contributed by atoms with Crippen molar-refractivity contribution < 1.29 is 18.7 Å². The molecule has 5 heteroatoms. The van der Waals surface area contributed by atoms with E-state index in [9.17, 15) is 4.79 Å². The summed E-state index contributed by atoms with van der Waals surface area (Å²) in [5, 5.41) is 0. The molecule has 1 aromatic heterocycles. The van der Waals surface area contributed by atoms with Crippen LogP contribution in [0.5, 0.6) is 5.75 Å². The van der Waals surface area contributed by atoms with Crippen LogP contribution in [-0.4, -0.2) is 19.0 Å². The molecule has 1 saturated carbocycles. The molecule has 0 unspecified atom stereocenters. The Kier molecular flexibility index (Phi) is 3.49. The van der Waals surface area contributed by atoms with E-state index in [0.29, 0.717) is 17.6 Å². The molecule has 0 saturated heterocycles. The Labute approximate surface area is 139 Å².